The van der Waals surface area contributed by atoms with Crippen LogP contribution in [0.3, 0.4) is 0 Å². The van der Waals surface area contributed by atoms with Crippen LogP contribution in [0, 0.1) is 0 Å². The third kappa shape index (κ3) is 5.34. The molecule has 0 aliphatic heterocycles. The van der Waals surface area contributed by atoms with Gasteiger partial charge in [0.15, 0.2) is 11.5 Å². The summed E-state index contributed by atoms with van der Waals surface area (Å²) in [5.74, 6) is 1.50. The van der Waals surface area contributed by atoms with Crippen LogP contribution in [0.5, 0.6) is 11.5 Å². The lowest BCUT2D eigenvalue weighted by Crippen LogP contribution is -2.18. The maximum atomic E-state index is 6.15. The number of ether oxygens (including phenoxy) is 2. The lowest BCUT2D eigenvalue weighted by Gasteiger charge is -2.19. The normalized spacial score (nSPS) is 11.8. The molecule has 0 heterocycles. The highest BCUT2D eigenvalue weighted by Gasteiger charge is 2.14. The van der Waals surface area contributed by atoms with Crippen molar-refractivity contribution in [2.24, 2.45) is 0 Å². The topological polar surface area (TPSA) is 30.5 Å². The van der Waals surface area contributed by atoms with Crippen molar-refractivity contribution < 1.29 is 9.47 Å². The van der Waals surface area contributed by atoms with Crippen molar-refractivity contribution in [3.05, 3.63) is 94.0 Å². The fraction of sp³-hybridized carbons (Fsp3) is 0.217. The Kier molecular flexibility index (Phi) is 6.91. The Morgan fingerprint density at radius 1 is 0.963 bits per heavy atom. The van der Waals surface area contributed by atoms with Gasteiger partial charge in [0.25, 0.3) is 0 Å². The predicted octanol–water partition coefficient (Wildman–Crippen LogP) is 5.89. The molecular weight excluding hydrogens is 402 g/mol. The largest absolute Gasteiger partial charge is 0.493 e. The fourth-order valence-corrected chi connectivity index (χ4v) is 3.41. The van der Waals surface area contributed by atoms with E-state index in [2.05, 4.69) is 70.6 Å². The van der Waals surface area contributed by atoms with Gasteiger partial charge in [-0.15, -0.1) is 0 Å². The first kappa shape index (κ1) is 19.5. The molecule has 3 aromatic rings. The van der Waals surface area contributed by atoms with Crippen LogP contribution in [-0.4, -0.2) is 7.11 Å². The monoisotopic (exact) mass is 425 g/mol. The summed E-state index contributed by atoms with van der Waals surface area (Å²) in [7, 11) is 1.67. The zero-order valence-corrected chi connectivity index (χ0v) is 17.2. The number of halogens is 1. The van der Waals surface area contributed by atoms with Gasteiger partial charge in [-0.3, -0.25) is 0 Å². The molecule has 1 unspecified atom stereocenters. The Balaban J connectivity index is 1.77. The second kappa shape index (κ2) is 9.58. The minimum absolute atomic E-state index is 0.234. The van der Waals surface area contributed by atoms with E-state index in [-0.39, 0.29) is 6.04 Å². The molecule has 0 saturated heterocycles. The summed E-state index contributed by atoms with van der Waals surface area (Å²) in [6.07, 6.45) is 0. The van der Waals surface area contributed by atoms with Crippen LogP contribution in [0.1, 0.15) is 29.7 Å². The first-order valence-electron chi connectivity index (χ1n) is 8.99. The molecule has 1 atom stereocenters. The number of nitrogens with one attached hydrogen (secondary N) is 1. The van der Waals surface area contributed by atoms with Gasteiger partial charge in [0.05, 0.1) is 7.11 Å². The second-order valence-corrected chi connectivity index (χ2v) is 7.30. The van der Waals surface area contributed by atoms with Crippen molar-refractivity contribution in [2.75, 3.05) is 7.11 Å². The molecule has 0 aromatic heterocycles. The second-order valence-electron chi connectivity index (χ2n) is 6.38. The van der Waals surface area contributed by atoms with Gasteiger partial charge in [0.1, 0.15) is 6.61 Å². The molecule has 0 spiro atoms. The summed E-state index contributed by atoms with van der Waals surface area (Å²) < 4.78 is 12.7. The number of hydrogen-bond acceptors (Lipinski definition) is 3. The van der Waals surface area contributed by atoms with Crippen molar-refractivity contribution in [3.8, 4) is 11.5 Å². The van der Waals surface area contributed by atoms with Crippen molar-refractivity contribution in [3.63, 3.8) is 0 Å². The van der Waals surface area contributed by atoms with E-state index in [1.54, 1.807) is 7.11 Å². The fourth-order valence-electron chi connectivity index (χ4n) is 2.92. The number of hydrogen-bond donors (Lipinski definition) is 1. The number of benzene rings is 3. The number of methoxy groups -OCH3 is 1. The summed E-state index contributed by atoms with van der Waals surface area (Å²) >= 11 is 3.57. The van der Waals surface area contributed by atoms with Gasteiger partial charge in [-0.25, -0.2) is 0 Å². The minimum Gasteiger partial charge on any atom is -0.493 e. The molecule has 0 amide bonds. The van der Waals surface area contributed by atoms with Crippen LogP contribution in [0.4, 0.5) is 0 Å². The van der Waals surface area contributed by atoms with Crippen molar-refractivity contribution >= 4 is 15.9 Å². The van der Waals surface area contributed by atoms with Gasteiger partial charge in [0.2, 0.25) is 0 Å². The van der Waals surface area contributed by atoms with Crippen LogP contribution in [0.2, 0.25) is 0 Å². The van der Waals surface area contributed by atoms with Crippen molar-refractivity contribution in [1.29, 1.82) is 0 Å². The van der Waals surface area contributed by atoms with E-state index >= 15 is 0 Å². The number of rotatable bonds is 8. The van der Waals surface area contributed by atoms with Gasteiger partial charge in [0, 0.05) is 22.6 Å². The molecule has 0 radical (unpaired) electrons. The summed E-state index contributed by atoms with van der Waals surface area (Å²) in [6.45, 7) is 3.34. The van der Waals surface area contributed by atoms with E-state index in [4.69, 9.17) is 9.47 Å². The summed E-state index contributed by atoms with van der Waals surface area (Å²) in [4.78, 5) is 0. The quantitative estimate of drug-likeness (QED) is 0.488. The molecule has 3 nitrogen and oxygen atoms in total. The van der Waals surface area contributed by atoms with Gasteiger partial charge >= 0.3 is 0 Å². The maximum absolute atomic E-state index is 6.15. The average Bonchev–Trinajstić information content (AvgIpc) is 2.72. The maximum Gasteiger partial charge on any atom is 0.166 e. The van der Waals surface area contributed by atoms with Crippen LogP contribution in [0.15, 0.2) is 77.3 Å². The first-order valence-corrected chi connectivity index (χ1v) is 9.78. The molecule has 140 valence electrons. The van der Waals surface area contributed by atoms with Gasteiger partial charge < -0.3 is 14.8 Å². The zero-order chi connectivity index (χ0) is 19.1. The van der Waals surface area contributed by atoms with Crippen molar-refractivity contribution in [1.82, 2.24) is 5.32 Å². The minimum atomic E-state index is 0.234. The highest BCUT2D eigenvalue weighted by Crippen LogP contribution is 2.35. The molecule has 1 N–H and O–H groups in total. The van der Waals surface area contributed by atoms with Crippen LogP contribution < -0.4 is 14.8 Å². The van der Waals surface area contributed by atoms with E-state index in [0.29, 0.717) is 13.2 Å². The van der Waals surface area contributed by atoms with Crippen LogP contribution in [-0.2, 0) is 13.2 Å². The smallest absolute Gasteiger partial charge is 0.166 e. The molecule has 0 aliphatic rings. The van der Waals surface area contributed by atoms with E-state index in [9.17, 15) is 0 Å². The van der Waals surface area contributed by atoms with E-state index in [1.807, 2.05) is 30.3 Å². The Morgan fingerprint density at radius 2 is 1.63 bits per heavy atom. The third-order valence-corrected chi connectivity index (χ3v) is 4.90. The Bertz CT molecular complexity index is 853. The van der Waals surface area contributed by atoms with Crippen molar-refractivity contribution in [2.45, 2.75) is 26.1 Å². The highest BCUT2D eigenvalue weighted by molar-refractivity contribution is 9.10. The lowest BCUT2D eigenvalue weighted by atomic mass is 10.1. The Labute approximate surface area is 169 Å². The van der Waals surface area contributed by atoms with Gasteiger partial charge in [-0.2, -0.15) is 0 Å². The third-order valence-electron chi connectivity index (χ3n) is 4.44. The molecular formula is C23H24BrNO2. The predicted molar refractivity (Wildman–Crippen MR) is 113 cm³/mol. The summed E-state index contributed by atoms with van der Waals surface area (Å²) in [5.41, 5.74) is 3.44. The molecule has 0 saturated carbocycles. The van der Waals surface area contributed by atoms with Gasteiger partial charge in [-0.05, 0) is 30.2 Å². The average molecular weight is 426 g/mol. The highest BCUT2D eigenvalue weighted by atomic mass is 79.9. The first-order chi connectivity index (χ1) is 13.2. The summed E-state index contributed by atoms with van der Waals surface area (Å²) in [6, 6.07) is 24.8. The molecule has 0 aliphatic carbocycles. The van der Waals surface area contributed by atoms with E-state index in [1.165, 1.54) is 5.56 Å². The van der Waals surface area contributed by atoms with Gasteiger partial charge in [-0.1, -0.05) is 76.6 Å². The molecule has 0 bridgehead atoms. The molecule has 4 heteroatoms. The molecule has 27 heavy (non-hydrogen) atoms. The Morgan fingerprint density at radius 3 is 2.30 bits per heavy atom. The zero-order valence-electron chi connectivity index (χ0n) is 15.6. The standard InChI is InChI=1S/C23H24BrNO2/c1-17(19-11-7-4-8-12-19)25-15-20-13-21(24)14-22(26-2)23(20)27-16-18-9-5-3-6-10-18/h3-14,17,25H,15-16H2,1-2H3. The SMILES string of the molecule is COc1cc(Br)cc(CNC(C)c2ccccc2)c1OCc1ccccc1. The Hall–Kier alpha value is -2.30. The lowest BCUT2D eigenvalue weighted by molar-refractivity contribution is 0.280. The van der Waals surface area contributed by atoms with Crippen LogP contribution >= 0.6 is 15.9 Å². The molecule has 0 fully saturated rings. The molecule has 3 rings (SSSR count). The molecule has 3 aromatic carbocycles. The van der Waals surface area contributed by atoms with E-state index in [0.717, 1.165) is 27.1 Å². The summed E-state index contributed by atoms with van der Waals surface area (Å²) in [5, 5.41) is 3.58. The van der Waals surface area contributed by atoms with E-state index < -0.39 is 0 Å². The van der Waals surface area contributed by atoms with Crippen LogP contribution in [0.25, 0.3) is 0 Å².